The van der Waals surface area contributed by atoms with Crippen LogP contribution in [0.25, 0.3) is 0 Å². The average Bonchev–Trinajstić information content (AvgIpc) is 2.29. The molecule has 0 radical (unpaired) electrons. The van der Waals surface area contributed by atoms with Crippen LogP contribution in [0.3, 0.4) is 0 Å². The maximum absolute atomic E-state index is 5.17. The highest BCUT2D eigenvalue weighted by molar-refractivity contribution is 4.76. The summed E-state index contributed by atoms with van der Waals surface area (Å²) in [7, 11) is 3.95. The van der Waals surface area contributed by atoms with Gasteiger partial charge in [0.05, 0.1) is 6.61 Å². The molecule has 0 aromatic heterocycles. The largest absolute Gasteiger partial charge is 0.383 e. The molecule has 0 bridgehead atoms. The highest BCUT2D eigenvalue weighted by Gasteiger charge is 2.18. The summed E-state index contributed by atoms with van der Waals surface area (Å²) in [5.74, 6) is 0.909. The van der Waals surface area contributed by atoms with Crippen LogP contribution in [0.15, 0.2) is 0 Å². The minimum atomic E-state index is 0.507. The van der Waals surface area contributed by atoms with Crippen molar-refractivity contribution >= 4 is 0 Å². The Labute approximate surface area is 107 Å². The van der Waals surface area contributed by atoms with E-state index in [-0.39, 0.29) is 0 Å². The number of rotatable bonds is 7. The molecule has 3 heteroatoms. The van der Waals surface area contributed by atoms with Gasteiger partial charge in [0, 0.05) is 32.3 Å². The topological polar surface area (TPSA) is 24.5 Å². The summed E-state index contributed by atoms with van der Waals surface area (Å²) in [6, 6.07) is 1.26. The van der Waals surface area contributed by atoms with Crippen molar-refractivity contribution < 1.29 is 4.74 Å². The summed E-state index contributed by atoms with van der Waals surface area (Å²) in [4.78, 5) is 2.36. The van der Waals surface area contributed by atoms with E-state index in [1.165, 1.54) is 25.7 Å². The third kappa shape index (κ3) is 5.84. The first kappa shape index (κ1) is 14.9. The molecule has 0 saturated heterocycles. The standard InChI is InChI=1S/C14H30N2O/c1-12-6-5-7-14(10-12)15-8-9-16(3)13(2)11-17-4/h12-15H,5-11H2,1-4H3. The molecule has 1 fully saturated rings. The van der Waals surface area contributed by atoms with E-state index in [2.05, 4.69) is 31.1 Å². The van der Waals surface area contributed by atoms with Crippen LogP contribution in [0.5, 0.6) is 0 Å². The number of methoxy groups -OCH3 is 1. The second-order valence-electron chi connectivity index (χ2n) is 5.71. The zero-order chi connectivity index (χ0) is 12.7. The minimum absolute atomic E-state index is 0.507. The molecule has 102 valence electrons. The SMILES string of the molecule is COCC(C)N(C)CCNC1CCCC(C)C1. The fourth-order valence-electron chi connectivity index (χ4n) is 2.65. The number of hydrogen-bond acceptors (Lipinski definition) is 3. The van der Waals surface area contributed by atoms with Crippen LogP contribution in [-0.4, -0.2) is 50.8 Å². The molecule has 0 amide bonds. The predicted molar refractivity (Wildman–Crippen MR) is 73.4 cm³/mol. The Kier molecular flexibility index (Phi) is 7.09. The summed E-state index contributed by atoms with van der Waals surface area (Å²) >= 11 is 0. The van der Waals surface area contributed by atoms with Crippen LogP contribution in [0, 0.1) is 5.92 Å². The molecule has 3 atom stereocenters. The monoisotopic (exact) mass is 242 g/mol. The predicted octanol–water partition coefficient (Wildman–Crippen LogP) is 2.12. The Balaban J connectivity index is 2.10. The van der Waals surface area contributed by atoms with Crippen LogP contribution in [0.1, 0.15) is 39.5 Å². The maximum Gasteiger partial charge on any atom is 0.0615 e. The molecule has 1 aliphatic rings. The molecule has 3 unspecified atom stereocenters. The third-order valence-corrected chi connectivity index (χ3v) is 3.99. The first-order valence-corrected chi connectivity index (χ1v) is 7.06. The van der Waals surface area contributed by atoms with Crippen LogP contribution in [-0.2, 0) is 4.74 Å². The van der Waals surface area contributed by atoms with Crippen LogP contribution in [0.2, 0.25) is 0 Å². The molecular weight excluding hydrogens is 212 g/mol. The number of likely N-dealkylation sites (N-methyl/N-ethyl adjacent to an activating group) is 1. The molecular formula is C14H30N2O. The summed E-state index contributed by atoms with van der Waals surface area (Å²) in [5, 5.41) is 3.70. The van der Waals surface area contributed by atoms with Gasteiger partial charge in [-0.25, -0.2) is 0 Å². The second kappa shape index (κ2) is 8.06. The van der Waals surface area contributed by atoms with Crippen molar-refractivity contribution in [3.05, 3.63) is 0 Å². The van der Waals surface area contributed by atoms with E-state index in [1.807, 2.05) is 0 Å². The van der Waals surface area contributed by atoms with Gasteiger partial charge in [-0.2, -0.15) is 0 Å². The smallest absolute Gasteiger partial charge is 0.0615 e. The normalized spacial score (nSPS) is 27.4. The van der Waals surface area contributed by atoms with Gasteiger partial charge in [0.15, 0.2) is 0 Å². The van der Waals surface area contributed by atoms with E-state index in [0.29, 0.717) is 6.04 Å². The van der Waals surface area contributed by atoms with Gasteiger partial charge < -0.3 is 15.0 Å². The van der Waals surface area contributed by atoms with Crippen LogP contribution in [0.4, 0.5) is 0 Å². The zero-order valence-corrected chi connectivity index (χ0v) is 12.0. The van der Waals surface area contributed by atoms with Crippen molar-refractivity contribution in [2.75, 3.05) is 33.9 Å². The lowest BCUT2D eigenvalue weighted by atomic mass is 9.87. The van der Waals surface area contributed by atoms with Gasteiger partial charge in [0.2, 0.25) is 0 Å². The molecule has 3 nitrogen and oxygen atoms in total. The average molecular weight is 242 g/mol. The van der Waals surface area contributed by atoms with Crippen LogP contribution >= 0.6 is 0 Å². The van der Waals surface area contributed by atoms with Crippen molar-refractivity contribution in [1.29, 1.82) is 0 Å². The number of ether oxygens (including phenoxy) is 1. The van der Waals surface area contributed by atoms with Gasteiger partial charge in [-0.15, -0.1) is 0 Å². The Hall–Kier alpha value is -0.120. The maximum atomic E-state index is 5.17. The highest BCUT2D eigenvalue weighted by atomic mass is 16.5. The van der Waals surface area contributed by atoms with Gasteiger partial charge in [-0.3, -0.25) is 0 Å². The van der Waals surface area contributed by atoms with Crippen molar-refractivity contribution in [3.8, 4) is 0 Å². The first-order chi connectivity index (χ1) is 8.13. The highest BCUT2D eigenvalue weighted by Crippen LogP contribution is 2.23. The number of hydrogen-bond donors (Lipinski definition) is 1. The Bertz CT molecular complexity index is 199. The van der Waals surface area contributed by atoms with E-state index in [9.17, 15) is 0 Å². The van der Waals surface area contributed by atoms with E-state index in [0.717, 1.165) is 31.7 Å². The number of nitrogens with zero attached hydrogens (tertiary/aromatic N) is 1. The fraction of sp³-hybridized carbons (Fsp3) is 1.00. The van der Waals surface area contributed by atoms with Crippen molar-refractivity contribution in [1.82, 2.24) is 10.2 Å². The van der Waals surface area contributed by atoms with E-state index in [1.54, 1.807) is 7.11 Å². The molecule has 1 aliphatic carbocycles. The molecule has 1 saturated carbocycles. The van der Waals surface area contributed by atoms with Gasteiger partial charge in [-0.1, -0.05) is 19.8 Å². The van der Waals surface area contributed by atoms with Crippen molar-refractivity contribution in [2.45, 2.75) is 51.6 Å². The lowest BCUT2D eigenvalue weighted by molar-refractivity contribution is 0.115. The van der Waals surface area contributed by atoms with Gasteiger partial charge >= 0.3 is 0 Å². The number of nitrogens with one attached hydrogen (secondary N) is 1. The molecule has 17 heavy (non-hydrogen) atoms. The van der Waals surface area contributed by atoms with E-state index in [4.69, 9.17) is 4.74 Å². The second-order valence-corrected chi connectivity index (χ2v) is 5.71. The van der Waals surface area contributed by atoms with Gasteiger partial charge in [-0.05, 0) is 32.7 Å². The lowest BCUT2D eigenvalue weighted by Crippen LogP contribution is -2.41. The molecule has 0 spiro atoms. The molecule has 0 aliphatic heterocycles. The van der Waals surface area contributed by atoms with E-state index < -0.39 is 0 Å². The molecule has 1 N–H and O–H groups in total. The van der Waals surface area contributed by atoms with Crippen LogP contribution < -0.4 is 5.32 Å². The Morgan fingerprint density at radius 2 is 2.18 bits per heavy atom. The van der Waals surface area contributed by atoms with Gasteiger partial charge in [0.25, 0.3) is 0 Å². The molecule has 0 heterocycles. The summed E-state index contributed by atoms with van der Waals surface area (Å²) in [5.41, 5.74) is 0. The zero-order valence-electron chi connectivity index (χ0n) is 12.0. The first-order valence-electron chi connectivity index (χ1n) is 7.06. The Morgan fingerprint density at radius 1 is 1.41 bits per heavy atom. The fourth-order valence-corrected chi connectivity index (χ4v) is 2.65. The van der Waals surface area contributed by atoms with E-state index >= 15 is 0 Å². The molecule has 0 aromatic rings. The van der Waals surface area contributed by atoms with Gasteiger partial charge in [0.1, 0.15) is 0 Å². The Morgan fingerprint density at radius 3 is 2.82 bits per heavy atom. The molecule has 1 rings (SSSR count). The lowest BCUT2D eigenvalue weighted by Gasteiger charge is -2.29. The van der Waals surface area contributed by atoms with Crippen molar-refractivity contribution in [3.63, 3.8) is 0 Å². The minimum Gasteiger partial charge on any atom is -0.383 e. The quantitative estimate of drug-likeness (QED) is 0.740. The summed E-state index contributed by atoms with van der Waals surface area (Å²) in [6.07, 6.45) is 5.54. The summed E-state index contributed by atoms with van der Waals surface area (Å²) < 4.78 is 5.17. The van der Waals surface area contributed by atoms with Crippen molar-refractivity contribution in [2.24, 2.45) is 5.92 Å². The molecule has 0 aromatic carbocycles. The third-order valence-electron chi connectivity index (χ3n) is 3.99. The summed E-state index contributed by atoms with van der Waals surface area (Å²) in [6.45, 7) is 7.61.